The maximum absolute atomic E-state index is 12.2. The molecule has 1 unspecified atom stereocenters. The number of aryl methyl sites for hydroxylation is 1. The van der Waals surface area contributed by atoms with Gasteiger partial charge in [-0.25, -0.2) is 0 Å². The molecular formula is C15H23NO3. The first-order valence-corrected chi connectivity index (χ1v) is 6.57. The zero-order valence-corrected chi connectivity index (χ0v) is 12.4. The van der Waals surface area contributed by atoms with Crippen LogP contribution in [-0.4, -0.2) is 25.2 Å². The van der Waals surface area contributed by atoms with Crippen LogP contribution in [-0.2, 0) is 9.53 Å². The topological polar surface area (TPSA) is 47.6 Å². The molecule has 1 rings (SSSR count). The summed E-state index contributed by atoms with van der Waals surface area (Å²) >= 11 is 0. The molecule has 0 heterocycles. The zero-order chi connectivity index (χ0) is 14.5. The number of benzene rings is 1. The highest BCUT2D eigenvalue weighted by atomic mass is 16.5. The van der Waals surface area contributed by atoms with Crippen LogP contribution in [0.3, 0.4) is 0 Å². The SMILES string of the molecule is CCOc1ccc(NC(=O)C(C)(CC)OC)cc1C. The minimum absolute atomic E-state index is 0.138. The Labute approximate surface area is 115 Å². The fourth-order valence-corrected chi connectivity index (χ4v) is 1.71. The van der Waals surface area contributed by atoms with Gasteiger partial charge in [0, 0.05) is 12.8 Å². The zero-order valence-electron chi connectivity index (χ0n) is 12.4. The molecule has 4 nitrogen and oxygen atoms in total. The van der Waals surface area contributed by atoms with E-state index < -0.39 is 5.60 Å². The van der Waals surface area contributed by atoms with Crippen molar-refractivity contribution in [3.63, 3.8) is 0 Å². The lowest BCUT2D eigenvalue weighted by molar-refractivity contribution is -0.136. The van der Waals surface area contributed by atoms with E-state index in [4.69, 9.17) is 9.47 Å². The number of carbonyl (C=O) groups excluding carboxylic acids is 1. The summed E-state index contributed by atoms with van der Waals surface area (Å²) in [5, 5.41) is 2.88. The van der Waals surface area contributed by atoms with Crippen LogP contribution < -0.4 is 10.1 Å². The molecule has 1 N–H and O–H groups in total. The van der Waals surface area contributed by atoms with E-state index in [0.717, 1.165) is 17.0 Å². The highest BCUT2D eigenvalue weighted by Crippen LogP contribution is 2.23. The molecule has 4 heteroatoms. The molecule has 1 amide bonds. The Bertz CT molecular complexity index is 439. The largest absolute Gasteiger partial charge is 0.494 e. The molecule has 1 aromatic rings. The van der Waals surface area contributed by atoms with Crippen LogP contribution in [0.5, 0.6) is 5.75 Å². The van der Waals surface area contributed by atoms with Crippen molar-refractivity contribution in [3.05, 3.63) is 23.8 Å². The number of methoxy groups -OCH3 is 1. The van der Waals surface area contributed by atoms with Crippen LogP contribution in [0.15, 0.2) is 18.2 Å². The van der Waals surface area contributed by atoms with E-state index in [9.17, 15) is 4.79 Å². The van der Waals surface area contributed by atoms with E-state index in [-0.39, 0.29) is 5.91 Å². The summed E-state index contributed by atoms with van der Waals surface area (Å²) in [6, 6.07) is 5.60. The number of amides is 1. The first-order chi connectivity index (χ1) is 8.96. The summed E-state index contributed by atoms with van der Waals surface area (Å²) in [4.78, 5) is 12.2. The van der Waals surface area contributed by atoms with Crippen LogP contribution in [0.25, 0.3) is 0 Å². The van der Waals surface area contributed by atoms with Crippen molar-refractivity contribution >= 4 is 11.6 Å². The molecule has 1 atom stereocenters. The van der Waals surface area contributed by atoms with Crippen molar-refractivity contribution in [2.75, 3.05) is 19.0 Å². The monoisotopic (exact) mass is 265 g/mol. The summed E-state index contributed by atoms with van der Waals surface area (Å²) in [5.74, 6) is 0.701. The second-order valence-electron chi connectivity index (χ2n) is 4.66. The summed E-state index contributed by atoms with van der Waals surface area (Å²) in [5.41, 5.74) is 0.949. The average molecular weight is 265 g/mol. The van der Waals surface area contributed by atoms with Gasteiger partial charge in [-0.2, -0.15) is 0 Å². The number of hydrogen-bond acceptors (Lipinski definition) is 3. The maximum atomic E-state index is 12.2. The van der Waals surface area contributed by atoms with Gasteiger partial charge in [0.1, 0.15) is 11.4 Å². The molecule has 0 saturated carbocycles. The summed E-state index contributed by atoms with van der Waals surface area (Å²) < 4.78 is 10.7. The van der Waals surface area contributed by atoms with E-state index in [1.54, 1.807) is 14.0 Å². The van der Waals surface area contributed by atoms with Crippen LogP contribution in [0.4, 0.5) is 5.69 Å². The quantitative estimate of drug-likeness (QED) is 0.859. The molecular weight excluding hydrogens is 242 g/mol. The Morgan fingerprint density at radius 2 is 2.05 bits per heavy atom. The van der Waals surface area contributed by atoms with E-state index in [2.05, 4.69) is 5.32 Å². The van der Waals surface area contributed by atoms with Crippen LogP contribution in [0, 0.1) is 6.92 Å². The normalized spacial score (nSPS) is 13.7. The Balaban J connectivity index is 2.83. The molecule has 0 radical (unpaired) electrons. The lowest BCUT2D eigenvalue weighted by atomic mass is 10.0. The van der Waals surface area contributed by atoms with Gasteiger partial charge in [0.05, 0.1) is 6.61 Å². The van der Waals surface area contributed by atoms with Gasteiger partial charge in [-0.3, -0.25) is 4.79 Å². The summed E-state index contributed by atoms with van der Waals surface area (Å²) in [7, 11) is 1.55. The third kappa shape index (κ3) is 3.70. The van der Waals surface area contributed by atoms with E-state index in [1.807, 2.05) is 39.0 Å². The van der Waals surface area contributed by atoms with Crippen molar-refractivity contribution in [1.29, 1.82) is 0 Å². The maximum Gasteiger partial charge on any atom is 0.256 e. The Hall–Kier alpha value is -1.55. The summed E-state index contributed by atoms with van der Waals surface area (Å²) in [6.07, 6.45) is 0.616. The Morgan fingerprint density at radius 3 is 2.53 bits per heavy atom. The first-order valence-electron chi connectivity index (χ1n) is 6.57. The molecule has 106 valence electrons. The number of ether oxygens (including phenoxy) is 2. The highest BCUT2D eigenvalue weighted by Gasteiger charge is 2.30. The second-order valence-corrected chi connectivity index (χ2v) is 4.66. The fraction of sp³-hybridized carbons (Fsp3) is 0.533. The Kier molecular flexibility index (Phi) is 5.36. The van der Waals surface area contributed by atoms with Crippen molar-refractivity contribution in [2.45, 2.75) is 39.7 Å². The standard InChI is InChI=1S/C15H23NO3/c1-6-15(4,18-5)14(17)16-12-8-9-13(19-7-2)11(3)10-12/h8-10H,6-7H2,1-5H3,(H,16,17). The minimum atomic E-state index is -0.799. The molecule has 0 fully saturated rings. The molecule has 1 aromatic carbocycles. The number of carbonyl (C=O) groups is 1. The van der Waals surface area contributed by atoms with Gasteiger partial charge in [-0.1, -0.05) is 6.92 Å². The minimum Gasteiger partial charge on any atom is -0.494 e. The first kappa shape index (κ1) is 15.5. The van der Waals surface area contributed by atoms with E-state index in [1.165, 1.54) is 0 Å². The van der Waals surface area contributed by atoms with Crippen molar-refractivity contribution < 1.29 is 14.3 Å². The van der Waals surface area contributed by atoms with Gasteiger partial charge in [0.25, 0.3) is 5.91 Å². The van der Waals surface area contributed by atoms with Gasteiger partial charge in [0.2, 0.25) is 0 Å². The summed E-state index contributed by atoms with van der Waals surface area (Å²) in [6.45, 7) is 8.23. The van der Waals surface area contributed by atoms with Gasteiger partial charge in [-0.05, 0) is 51.0 Å². The van der Waals surface area contributed by atoms with E-state index in [0.29, 0.717) is 13.0 Å². The second kappa shape index (κ2) is 6.57. The van der Waals surface area contributed by atoms with Gasteiger partial charge >= 0.3 is 0 Å². The lowest BCUT2D eigenvalue weighted by Gasteiger charge is -2.25. The molecule has 0 aliphatic heterocycles. The lowest BCUT2D eigenvalue weighted by Crippen LogP contribution is -2.41. The number of hydrogen-bond donors (Lipinski definition) is 1. The Morgan fingerprint density at radius 1 is 1.37 bits per heavy atom. The predicted octanol–water partition coefficient (Wildman–Crippen LogP) is 3.15. The molecule has 0 aliphatic rings. The van der Waals surface area contributed by atoms with Crippen LogP contribution >= 0.6 is 0 Å². The van der Waals surface area contributed by atoms with Crippen LogP contribution in [0.1, 0.15) is 32.8 Å². The third-order valence-electron chi connectivity index (χ3n) is 3.34. The molecule has 0 bridgehead atoms. The molecule has 0 spiro atoms. The van der Waals surface area contributed by atoms with Gasteiger partial charge in [-0.15, -0.1) is 0 Å². The number of rotatable bonds is 6. The fourth-order valence-electron chi connectivity index (χ4n) is 1.71. The van der Waals surface area contributed by atoms with E-state index >= 15 is 0 Å². The number of nitrogens with one attached hydrogen (secondary N) is 1. The molecule has 19 heavy (non-hydrogen) atoms. The third-order valence-corrected chi connectivity index (χ3v) is 3.34. The average Bonchev–Trinajstić information content (AvgIpc) is 2.41. The van der Waals surface area contributed by atoms with Gasteiger partial charge in [0.15, 0.2) is 0 Å². The smallest absolute Gasteiger partial charge is 0.256 e. The van der Waals surface area contributed by atoms with Crippen molar-refractivity contribution in [3.8, 4) is 5.75 Å². The molecule has 0 aliphatic carbocycles. The predicted molar refractivity (Wildman–Crippen MR) is 76.7 cm³/mol. The van der Waals surface area contributed by atoms with Gasteiger partial charge < -0.3 is 14.8 Å². The van der Waals surface area contributed by atoms with Crippen molar-refractivity contribution in [2.24, 2.45) is 0 Å². The van der Waals surface area contributed by atoms with Crippen LogP contribution in [0.2, 0.25) is 0 Å². The van der Waals surface area contributed by atoms with Crippen molar-refractivity contribution in [1.82, 2.24) is 0 Å². The molecule has 0 aromatic heterocycles. The number of anilines is 1. The highest BCUT2D eigenvalue weighted by molar-refractivity contribution is 5.97. The molecule has 0 saturated heterocycles.